The zero-order valence-electron chi connectivity index (χ0n) is 36.3. The Balaban J connectivity index is 0.000000152. The molecule has 0 bridgehead atoms. The monoisotopic (exact) mass is 990 g/mol. The second-order valence-corrected chi connectivity index (χ2v) is 16.7. The van der Waals surface area contributed by atoms with E-state index in [0.29, 0.717) is 41.6 Å². The quantitative estimate of drug-likeness (QED) is 0.177. The number of rotatable bonds is 11. The molecule has 10 aromatic rings. The molecular formula is C44H36Cl3F2LiN14O5. The molecule has 69 heavy (non-hydrogen) atoms. The van der Waals surface area contributed by atoms with Crippen LogP contribution in [0, 0.1) is 11.6 Å². The molecule has 0 aliphatic heterocycles. The number of carboxylic acids is 1. The van der Waals surface area contributed by atoms with E-state index in [4.69, 9.17) is 37.8 Å². The predicted octanol–water partition coefficient (Wildman–Crippen LogP) is 3.12. The van der Waals surface area contributed by atoms with Crippen molar-refractivity contribution in [3.05, 3.63) is 165 Å². The van der Waals surface area contributed by atoms with Crippen LogP contribution in [0.5, 0.6) is 0 Å². The molecule has 19 nitrogen and oxygen atoms in total. The van der Waals surface area contributed by atoms with Gasteiger partial charge in [0.05, 0.1) is 64.9 Å². The molecule has 1 amide bonds. The van der Waals surface area contributed by atoms with Gasteiger partial charge in [0, 0.05) is 43.7 Å². The number of aromatic nitrogens is 12. The largest absolute Gasteiger partial charge is 1.00 e. The fourth-order valence-electron chi connectivity index (χ4n) is 7.43. The molecular weight excluding hydrogens is 956 g/mol. The number of pyridine rings is 4. The average molecular weight is 992 g/mol. The number of carboxylic acid groups (broad SMARTS) is 1. The summed E-state index contributed by atoms with van der Waals surface area (Å²) in [5.41, 5.74) is 12.6. The number of hydrogen-bond donors (Lipinski definition) is 2. The average Bonchev–Trinajstić information content (AvgIpc) is 3.90. The molecule has 0 saturated heterocycles. The van der Waals surface area contributed by atoms with Crippen LogP contribution in [0.1, 0.15) is 105 Å². The number of carbonyl (C=O) groups excluding carboxylic acids is 2. The Morgan fingerprint density at radius 1 is 0.696 bits per heavy atom. The van der Waals surface area contributed by atoms with Crippen LogP contribution in [0.25, 0.3) is 22.3 Å². The van der Waals surface area contributed by atoms with Crippen molar-refractivity contribution in [1.29, 1.82) is 0 Å². The molecule has 0 spiro atoms. The van der Waals surface area contributed by atoms with Crippen LogP contribution in [0.2, 0.25) is 10.0 Å². The zero-order chi connectivity index (χ0) is 46.3. The summed E-state index contributed by atoms with van der Waals surface area (Å²) in [6.07, 6.45) is 19.8. The minimum atomic E-state index is -1.47. The van der Waals surface area contributed by atoms with Gasteiger partial charge in [0.25, 0.3) is 5.89 Å². The Labute approximate surface area is 416 Å². The molecule has 2 aliphatic carbocycles. The Kier molecular flexibility index (Phi) is 14.5. The third kappa shape index (κ3) is 10.6. The standard InChI is InChI=1S/C22H17ClFN7O2.C14H12N4O3.C8H7ClFN3.ClH.Li/c23-15-5-6-30-11-26-16(20(30)19(15)24)8-25-21(32)22-29-28-18(33-22)7-14-10-31-9-13(12-1-2-12)3-4-17(31)27-14;19-14(20)13-17-16-12(21-13)5-10-7-18-6-9(8-1-2-8)3-4-11(18)15-10;9-5-1-2-13-4-12-6(3-11)8(13)7(5)10;;/h3-6,9-12H,1-2,7-8H2,(H,25,32);3-4,6-8H,1-2,5H2,(H,19,20);1-2,4H,3,11H2;1H;/q;;;;+1/p-1. The van der Waals surface area contributed by atoms with Crippen LogP contribution in [-0.4, -0.2) is 69.8 Å². The van der Waals surface area contributed by atoms with Crippen molar-refractivity contribution in [1.82, 2.24) is 63.3 Å². The predicted molar refractivity (Wildman–Crippen MR) is 240 cm³/mol. The summed E-state index contributed by atoms with van der Waals surface area (Å²) in [5, 5.41) is 28.1. The van der Waals surface area contributed by atoms with Gasteiger partial charge in [0.2, 0.25) is 11.8 Å². The minimum Gasteiger partial charge on any atom is -0.540 e. The number of aromatic carboxylic acids is 1. The van der Waals surface area contributed by atoms with Crippen molar-refractivity contribution in [3.8, 4) is 0 Å². The van der Waals surface area contributed by atoms with Crippen LogP contribution in [-0.2, 0) is 25.9 Å². The molecule has 10 aromatic heterocycles. The second-order valence-electron chi connectivity index (χ2n) is 15.8. The van der Waals surface area contributed by atoms with Gasteiger partial charge in [-0.3, -0.25) is 4.79 Å². The van der Waals surface area contributed by atoms with Crippen molar-refractivity contribution in [2.24, 2.45) is 5.73 Å². The number of nitrogens with one attached hydrogen (secondary N) is 1. The summed E-state index contributed by atoms with van der Waals surface area (Å²) in [5.74, 6) is -2.00. The molecule has 25 heteroatoms. The van der Waals surface area contributed by atoms with E-state index in [2.05, 4.69) is 70.2 Å². The van der Waals surface area contributed by atoms with Gasteiger partial charge < -0.3 is 47.4 Å². The molecule has 0 unspecified atom stereocenters. The summed E-state index contributed by atoms with van der Waals surface area (Å²) in [6.45, 7) is 0.174. The van der Waals surface area contributed by atoms with Crippen LogP contribution >= 0.6 is 35.6 Å². The third-order valence-electron chi connectivity index (χ3n) is 11.1. The maximum Gasteiger partial charge on any atom is 1.00 e. The van der Waals surface area contributed by atoms with Crippen LogP contribution in [0.4, 0.5) is 8.78 Å². The first kappa shape index (κ1) is 48.7. The number of hydrogen-bond acceptors (Lipinski definition) is 14. The van der Waals surface area contributed by atoms with E-state index in [0.717, 1.165) is 22.7 Å². The summed E-state index contributed by atoms with van der Waals surface area (Å²) in [4.78, 5) is 40.2. The van der Waals surface area contributed by atoms with E-state index < -0.39 is 29.4 Å². The first-order valence-electron chi connectivity index (χ1n) is 20.9. The molecule has 0 aromatic carbocycles. The molecule has 10 heterocycles. The summed E-state index contributed by atoms with van der Waals surface area (Å²) in [6, 6.07) is 11.1. The summed E-state index contributed by atoms with van der Waals surface area (Å²) >= 11 is 11.5. The number of carbonyl (C=O) groups is 2. The maximum absolute atomic E-state index is 14.3. The molecule has 3 N–H and O–H groups in total. The number of nitrogens with zero attached hydrogens (tertiary/aromatic N) is 12. The molecule has 0 atom stereocenters. The normalized spacial score (nSPS) is 13.1. The van der Waals surface area contributed by atoms with Gasteiger partial charge in [-0.15, -0.1) is 32.8 Å². The van der Waals surface area contributed by atoms with E-state index in [1.165, 1.54) is 66.0 Å². The van der Waals surface area contributed by atoms with E-state index >= 15 is 0 Å². The molecule has 2 aliphatic rings. The van der Waals surface area contributed by atoms with Gasteiger partial charge in [-0.2, -0.15) is 0 Å². The van der Waals surface area contributed by atoms with Crippen molar-refractivity contribution >= 4 is 69.8 Å². The summed E-state index contributed by atoms with van der Waals surface area (Å²) < 4.78 is 45.3. The van der Waals surface area contributed by atoms with E-state index in [1.54, 1.807) is 16.8 Å². The molecule has 348 valence electrons. The van der Waals surface area contributed by atoms with E-state index in [9.17, 15) is 23.5 Å². The fourth-order valence-corrected chi connectivity index (χ4v) is 7.72. The third-order valence-corrected chi connectivity index (χ3v) is 11.6. The summed E-state index contributed by atoms with van der Waals surface area (Å²) in [7, 11) is 0. The number of nitrogens with two attached hydrogens (primary N) is 1. The van der Waals surface area contributed by atoms with Gasteiger partial charge in [0.1, 0.15) is 28.3 Å². The van der Waals surface area contributed by atoms with Crippen molar-refractivity contribution in [3.63, 3.8) is 0 Å². The Morgan fingerprint density at radius 2 is 1.17 bits per heavy atom. The zero-order valence-corrected chi connectivity index (χ0v) is 38.6. The van der Waals surface area contributed by atoms with Gasteiger partial charge in [-0.25, -0.2) is 28.7 Å². The van der Waals surface area contributed by atoms with E-state index in [1.807, 2.05) is 33.3 Å². The number of halogens is 5. The molecule has 12 rings (SSSR count). The number of imidazole rings is 4. The van der Waals surface area contributed by atoms with Crippen LogP contribution in [0.3, 0.4) is 0 Å². The van der Waals surface area contributed by atoms with Crippen LogP contribution < -0.4 is 35.0 Å². The minimum absolute atomic E-state index is 0. The Morgan fingerprint density at radius 3 is 1.65 bits per heavy atom. The topological polar surface area (TPSA) is 242 Å². The van der Waals surface area contributed by atoms with E-state index in [-0.39, 0.29) is 77.6 Å². The van der Waals surface area contributed by atoms with Gasteiger partial charge in [-0.1, -0.05) is 35.3 Å². The first-order valence-corrected chi connectivity index (χ1v) is 21.6. The van der Waals surface area contributed by atoms with Crippen molar-refractivity contribution in [2.75, 3.05) is 0 Å². The Hall–Kier alpha value is -6.73. The fraction of sp³-hybridized carbons (Fsp3) is 0.227. The van der Waals surface area contributed by atoms with Crippen molar-refractivity contribution in [2.45, 2.75) is 63.5 Å². The maximum atomic E-state index is 14.3. The molecule has 0 radical (unpaired) electrons. The van der Waals surface area contributed by atoms with Gasteiger partial charge in [0.15, 0.2) is 11.6 Å². The Bertz CT molecular complexity index is 3490. The van der Waals surface area contributed by atoms with Gasteiger partial charge >= 0.3 is 30.7 Å². The number of fused-ring (bicyclic) bond motifs is 4. The van der Waals surface area contributed by atoms with Crippen LogP contribution in [0.15, 0.2) is 95.1 Å². The van der Waals surface area contributed by atoms with Crippen molar-refractivity contribution < 1.29 is 51.2 Å². The number of amides is 1. The first-order chi connectivity index (χ1) is 32.5. The SMILES string of the molecule is Cl.NCc1ncn2ccc(Cl)c(F)c12.O=C(NCc1ncn2ccc(Cl)c(F)c12)c1nnc(Cc2cn3cc(C4CC4)ccc3n2)o1.O=C([O-])c1nnc(Cc2cn3cc(C4CC4)ccc3n2)o1.[Li+]. The smallest absolute Gasteiger partial charge is 0.540 e. The molecule has 2 fully saturated rings. The second kappa shape index (κ2) is 20.5. The van der Waals surface area contributed by atoms with Gasteiger partial charge in [-0.05, 0) is 72.9 Å². The molecule has 2 saturated carbocycles.